The molecule has 1 atom stereocenters. The fourth-order valence-electron chi connectivity index (χ4n) is 2.48. The molecule has 6 heteroatoms. The zero-order chi connectivity index (χ0) is 14.9. The summed E-state index contributed by atoms with van der Waals surface area (Å²) in [6.45, 7) is 1.12. The van der Waals surface area contributed by atoms with Crippen LogP contribution >= 0.6 is 0 Å². The van der Waals surface area contributed by atoms with Crippen LogP contribution in [-0.2, 0) is 6.18 Å². The summed E-state index contributed by atoms with van der Waals surface area (Å²) in [5.74, 6) is 0. The summed E-state index contributed by atoms with van der Waals surface area (Å²) in [5.41, 5.74) is -0.307. The van der Waals surface area contributed by atoms with Crippen LogP contribution in [0.4, 0.5) is 18.9 Å². The molecule has 0 aromatic heterocycles. The minimum absolute atomic E-state index is 0.112. The van der Waals surface area contributed by atoms with Gasteiger partial charge in [-0.15, -0.1) is 0 Å². The van der Waals surface area contributed by atoms with Gasteiger partial charge in [-0.25, -0.2) is 0 Å². The van der Waals surface area contributed by atoms with Crippen LogP contribution in [0.15, 0.2) is 18.2 Å². The number of hydrogen-bond donors (Lipinski definition) is 0. The number of likely N-dealkylation sites (N-methyl/N-ethyl adjacent to an activating group) is 1. The number of benzene rings is 1. The van der Waals surface area contributed by atoms with Gasteiger partial charge in [0.15, 0.2) is 0 Å². The summed E-state index contributed by atoms with van der Waals surface area (Å²) in [5, 5.41) is 8.88. The molecule has 0 bridgehead atoms. The maximum Gasteiger partial charge on any atom is 0.418 e. The monoisotopic (exact) mass is 283 g/mol. The maximum atomic E-state index is 13.1. The SMILES string of the molecule is CN(C)[C@@H]1CCN(c2cc(C#N)ccc2C(F)(F)F)C1. The third-order valence-electron chi connectivity index (χ3n) is 3.67. The second-order valence-corrected chi connectivity index (χ2v) is 5.19. The fraction of sp³-hybridized carbons (Fsp3) is 0.500. The first-order valence-corrected chi connectivity index (χ1v) is 6.35. The lowest BCUT2D eigenvalue weighted by Crippen LogP contribution is -2.32. The molecule has 1 heterocycles. The number of halogens is 3. The summed E-state index contributed by atoms with van der Waals surface area (Å²) in [6, 6.07) is 5.68. The Bertz CT molecular complexity index is 531. The van der Waals surface area contributed by atoms with E-state index in [1.54, 1.807) is 4.90 Å². The molecular weight excluding hydrogens is 267 g/mol. The Hall–Kier alpha value is -1.74. The molecule has 0 unspecified atom stereocenters. The van der Waals surface area contributed by atoms with Gasteiger partial charge < -0.3 is 9.80 Å². The van der Waals surface area contributed by atoms with Crippen molar-refractivity contribution in [1.82, 2.24) is 4.90 Å². The minimum Gasteiger partial charge on any atom is -0.369 e. The Labute approximate surface area is 116 Å². The highest BCUT2D eigenvalue weighted by Crippen LogP contribution is 2.38. The van der Waals surface area contributed by atoms with Crippen LogP contribution in [0.25, 0.3) is 0 Å². The number of hydrogen-bond acceptors (Lipinski definition) is 3. The molecule has 20 heavy (non-hydrogen) atoms. The van der Waals surface area contributed by atoms with Crippen LogP contribution in [0.3, 0.4) is 0 Å². The molecule has 108 valence electrons. The molecule has 1 saturated heterocycles. The molecule has 0 radical (unpaired) electrons. The highest BCUT2D eigenvalue weighted by Gasteiger charge is 2.36. The van der Waals surface area contributed by atoms with Crippen molar-refractivity contribution < 1.29 is 13.2 Å². The Morgan fingerprint density at radius 3 is 2.55 bits per heavy atom. The maximum absolute atomic E-state index is 13.1. The molecule has 0 spiro atoms. The average molecular weight is 283 g/mol. The van der Waals surface area contributed by atoms with Crippen LogP contribution in [0.5, 0.6) is 0 Å². The van der Waals surface area contributed by atoms with Crippen LogP contribution in [0, 0.1) is 11.3 Å². The first-order valence-electron chi connectivity index (χ1n) is 6.35. The van der Waals surface area contributed by atoms with E-state index in [9.17, 15) is 13.2 Å². The number of nitriles is 1. The number of anilines is 1. The summed E-state index contributed by atoms with van der Waals surface area (Å²) >= 11 is 0. The van der Waals surface area contributed by atoms with E-state index in [1.165, 1.54) is 12.1 Å². The fourth-order valence-corrected chi connectivity index (χ4v) is 2.48. The van der Waals surface area contributed by atoms with Gasteiger partial charge in [-0.05, 0) is 38.7 Å². The second-order valence-electron chi connectivity index (χ2n) is 5.19. The van der Waals surface area contributed by atoms with Gasteiger partial charge >= 0.3 is 6.18 Å². The molecule has 1 aromatic carbocycles. The molecule has 0 aliphatic carbocycles. The highest BCUT2D eigenvalue weighted by atomic mass is 19.4. The quantitative estimate of drug-likeness (QED) is 0.836. The zero-order valence-corrected chi connectivity index (χ0v) is 11.4. The first kappa shape index (κ1) is 14.7. The van der Waals surface area contributed by atoms with Crippen molar-refractivity contribution in [3.8, 4) is 6.07 Å². The smallest absolute Gasteiger partial charge is 0.369 e. The summed E-state index contributed by atoms with van der Waals surface area (Å²) in [6.07, 6.45) is -3.58. The van der Waals surface area contributed by atoms with Gasteiger partial charge in [0.2, 0.25) is 0 Å². The largest absolute Gasteiger partial charge is 0.418 e. The summed E-state index contributed by atoms with van der Waals surface area (Å²) in [7, 11) is 3.84. The van der Waals surface area contributed by atoms with Gasteiger partial charge in [-0.1, -0.05) is 0 Å². The van der Waals surface area contributed by atoms with E-state index in [4.69, 9.17) is 5.26 Å². The van der Waals surface area contributed by atoms with Crippen molar-refractivity contribution >= 4 is 5.69 Å². The third-order valence-corrected chi connectivity index (χ3v) is 3.67. The Morgan fingerprint density at radius 1 is 1.35 bits per heavy atom. The number of rotatable bonds is 2. The molecule has 3 nitrogen and oxygen atoms in total. The summed E-state index contributed by atoms with van der Waals surface area (Å²) < 4.78 is 39.2. The predicted molar refractivity (Wildman–Crippen MR) is 70.5 cm³/mol. The minimum atomic E-state index is -4.40. The first-order chi connectivity index (χ1) is 9.32. The summed E-state index contributed by atoms with van der Waals surface area (Å²) in [4.78, 5) is 3.73. The molecule has 0 N–H and O–H groups in total. The van der Waals surface area contributed by atoms with Gasteiger partial charge in [-0.3, -0.25) is 0 Å². The third kappa shape index (κ3) is 2.88. The molecule has 0 saturated carbocycles. The highest BCUT2D eigenvalue weighted by molar-refractivity contribution is 5.59. The van der Waals surface area contributed by atoms with Crippen molar-refractivity contribution in [2.75, 3.05) is 32.1 Å². The lowest BCUT2D eigenvalue weighted by molar-refractivity contribution is -0.137. The van der Waals surface area contributed by atoms with Crippen LogP contribution < -0.4 is 4.90 Å². The molecule has 2 rings (SSSR count). The van der Waals surface area contributed by atoms with E-state index in [0.717, 1.165) is 12.5 Å². The van der Waals surface area contributed by atoms with E-state index in [2.05, 4.69) is 0 Å². The van der Waals surface area contributed by atoms with E-state index in [1.807, 2.05) is 25.1 Å². The average Bonchev–Trinajstić information content (AvgIpc) is 2.86. The second kappa shape index (κ2) is 5.33. The standard InChI is InChI=1S/C14H16F3N3/c1-19(2)11-5-6-20(9-11)13-7-10(8-18)3-4-12(13)14(15,16)17/h3-4,7,11H,5-6,9H2,1-2H3/t11-/m1/s1. The number of alkyl halides is 3. The van der Waals surface area contributed by atoms with E-state index < -0.39 is 11.7 Å². The van der Waals surface area contributed by atoms with E-state index in [-0.39, 0.29) is 17.3 Å². The molecule has 1 aliphatic heterocycles. The Morgan fingerprint density at radius 2 is 2.05 bits per heavy atom. The lowest BCUT2D eigenvalue weighted by atomic mass is 10.1. The van der Waals surface area contributed by atoms with Gasteiger partial charge in [-0.2, -0.15) is 18.4 Å². The van der Waals surface area contributed by atoms with E-state index >= 15 is 0 Å². The lowest BCUT2D eigenvalue weighted by Gasteiger charge is -2.25. The van der Waals surface area contributed by atoms with E-state index in [0.29, 0.717) is 13.1 Å². The zero-order valence-electron chi connectivity index (χ0n) is 11.4. The topological polar surface area (TPSA) is 30.3 Å². The van der Waals surface area contributed by atoms with Gasteiger partial charge in [0.05, 0.1) is 22.9 Å². The Kier molecular flexibility index (Phi) is 3.91. The van der Waals surface area contributed by atoms with Crippen molar-refractivity contribution in [3.63, 3.8) is 0 Å². The molecule has 0 amide bonds. The van der Waals surface area contributed by atoms with Crippen LogP contribution in [-0.4, -0.2) is 38.1 Å². The number of nitrogens with zero attached hydrogens (tertiary/aromatic N) is 3. The van der Waals surface area contributed by atoms with Gasteiger partial charge in [0.25, 0.3) is 0 Å². The van der Waals surface area contributed by atoms with Gasteiger partial charge in [0.1, 0.15) is 0 Å². The molecule has 1 aromatic rings. The van der Waals surface area contributed by atoms with Crippen LogP contribution in [0.1, 0.15) is 17.5 Å². The molecule has 1 fully saturated rings. The predicted octanol–water partition coefficient (Wildman–Crippen LogP) is 2.72. The van der Waals surface area contributed by atoms with Crippen molar-refractivity contribution in [1.29, 1.82) is 5.26 Å². The molecular formula is C14H16F3N3. The van der Waals surface area contributed by atoms with Crippen molar-refractivity contribution in [2.45, 2.75) is 18.6 Å². The molecule has 1 aliphatic rings. The van der Waals surface area contributed by atoms with Crippen molar-refractivity contribution in [3.05, 3.63) is 29.3 Å². The van der Waals surface area contributed by atoms with Gasteiger partial charge in [0, 0.05) is 19.1 Å². The normalized spacial score (nSPS) is 19.4. The Balaban J connectivity index is 2.37. The van der Waals surface area contributed by atoms with Crippen molar-refractivity contribution in [2.24, 2.45) is 0 Å². The van der Waals surface area contributed by atoms with Crippen LogP contribution in [0.2, 0.25) is 0 Å².